The quantitative estimate of drug-likeness (QED) is 0.765. The Hall–Kier alpha value is -2.77. The molecule has 1 amide bonds. The fourth-order valence-corrected chi connectivity index (χ4v) is 3.08. The maximum atomic E-state index is 12.0. The number of rotatable bonds is 5. The van der Waals surface area contributed by atoms with Gasteiger partial charge < -0.3 is 9.84 Å². The Balaban J connectivity index is 1.41. The zero-order valence-electron chi connectivity index (χ0n) is 13.7. The van der Waals surface area contributed by atoms with Crippen LogP contribution in [0.1, 0.15) is 49.7 Å². The fourth-order valence-electron chi connectivity index (χ4n) is 3.08. The average molecular weight is 338 g/mol. The van der Waals surface area contributed by atoms with Gasteiger partial charge in [-0.1, -0.05) is 11.6 Å². The first-order valence-corrected chi connectivity index (χ1v) is 8.74. The van der Waals surface area contributed by atoms with E-state index in [0.29, 0.717) is 29.8 Å². The van der Waals surface area contributed by atoms with Gasteiger partial charge in [-0.05, 0) is 37.8 Å². The van der Waals surface area contributed by atoms with Crippen molar-refractivity contribution >= 4 is 11.6 Å². The monoisotopic (exact) mass is 338 g/mol. The van der Waals surface area contributed by atoms with Crippen LogP contribution in [0.5, 0.6) is 0 Å². The van der Waals surface area contributed by atoms with Crippen molar-refractivity contribution in [3.63, 3.8) is 0 Å². The summed E-state index contributed by atoms with van der Waals surface area (Å²) in [4.78, 5) is 16.5. The highest BCUT2D eigenvalue weighted by molar-refractivity contribution is 5.79. The molecular weight excluding hydrogens is 320 g/mol. The molecule has 0 spiro atoms. The van der Waals surface area contributed by atoms with Gasteiger partial charge in [0, 0.05) is 18.0 Å². The molecule has 2 fully saturated rings. The third-order valence-electron chi connectivity index (χ3n) is 5.02. The van der Waals surface area contributed by atoms with Gasteiger partial charge in [0.05, 0.1) is 12.1 Å². The number of carbonyl (C=O) groups excluding carboxylic acids is 1. The number of hydrogen-bond donors (Lipinski definition) is 1. The normalized spacial score (nSPS) is 17.6. The molecule has 2 aliphatic rings. The molecule has 1 N–H and O–H groups in total. The molecule has 8 nitrogen and oxygen atoms in total. The number of hydrogen-bond acceptors (Lipinski definition) is 6. The Bertz CT molecular complexity index is 938. The van der Waals surface area contributed by atoms with E-state index in [1.807, 2.05) is 22.7 Å². The Morgan fingerprint density at radius 3 is 2.92 bits per heavy atom. The van der Waals surface area contributed by atoms with Crippen molar-refractivity contribution < 1.29 is 9.32 Å². The van der Waals surface area contributed by atoms with Crippen LogP contribution < -0.4 is 5.32 Å². The van der Waals surface area contributed by atoms with Crippen LogP contribution in [0.4, 0.5) is 0 Å². The molecule has 3 aromatic heterocycles. The van der Waals surface area contributed by atoms with Crippen LogP contribution in [-0.2, 0) is 11.3 Å². The molecule has 0 bridgehead atoms. The first-order chi connectivity index (χ1) is 12.3. The predicted octanol–water partition coefficient (Wildman–Crippen LogP) is 2.07. The topological polar surface area (TPSA) is 98.2 Å². The Labute approximate surface area is 143 Å². The van der Waals surface area contributed by atoms with Gasteiger partial charge in [0.1, 0.15) is 0 Å². The minimum Gasteiger partial charge on any atom is -0.349 e. The lowest BCUT2D eigenvalue weighted by molar-refractivity contribution is -0.127. The molecule has 2 saturated carbocycles. The van der Waals surface area contributed by atoms with Crippen molar-refractivity contribution in [3.8, 4) is 11.5 Å². The first-order valence-electron chi connectivity index (χ1n) is 8.74. The molecule has 8 heteroatoms. The molecule has 3 aromatic rings. The summed E-state index contributed by atoms with van der Waals surface area (Å²) in [5, 5.41) is 15.5. The number of fused-ring (bicyclic) bond motifs is 1. The van der Waals surface area contributed by atoms with E-state index in [1.165, 1.54) is 0 Å². The molecule has 0 aromatic carbocycles. The summed E-state index contributed by atoms with van der Waals surface area (Å²) in [6, 6.07) is 3.79. The van der Waals surface area contributed by atoms with Gasteiger partial charge in [0.25, 0.3) is 5.89 Å². The van der Waals surface area contributed by atoms with Gasteiger partial charge in [-0.25, -0.2) is 0 Å². The number of aromatic nitrogens is 5. The third kappa shape index (κ3) is 2.57. The maximum absolute atomic E-state index is 12.0. The average Bonchev–Trinajstić information content (AvgIpc) is 3.16. The van der Waals surface area contributed by atoms with Gasteiger partial charge in [0.15, 0.2) is 17.3 Å². The van der Waals surface area contributed by atoms with Gasteiger partial charge in [0.2, 0.25) is 5.91 Å². The van der Waals surface area contributed by atoms with E-state index in [0.717, 1.165) is 43.5 Å². The van der Waals surface area contributed by atoms with Crippen molar-refractivity contribution in [3.05, 3.63) is 30.0 Å². The van der Waals surface area contributed by atoms with E-state index in [2.05, 4.69) is 25.7 Å². The largest absolute Gasteiger partial charge is 0.349 e. The highest BCUT2D eigenvalue weighted by atomic mass is 16.5. The van der Waals surface area contributed by atoms with Crippen LogP contribution in [0.2, 0.25) is 0 Å². The van der Waals surface area contributed by atoms with E-state index >= 15 is 0 Å². The Kier molecular flexibility index (Phi) is 3.29. The number of amides is 1. The first kappa shape index (κ1) is 14.6. The highest BCUT2D eigenvalue weighted by Crippen LogP contribution is 2.39. The molecule has 25 heavy (non-hydrogen) atoms. The lowest BCUT2D eigenvalue weighted by Crippen LogP contribution is -2.34. The SMILES string of the molecule is O=C(NCc1nnc2c(-c3nc(C4CC4)no3)cccn12)C1CCC1. The number of nitrogens with one attached hydrogen (secondary N) is 1. The van der Waals surface area contributed by atoms with Crippen LogP contribution >= 0.6 is 0 Å². The Morgan fingerprint density at radius 2 is 2.16 bits per heavy atom. The summed E-state index contributed by atoms with van der Waals surface area (Å²) in [7, 11) is 0. The van der Waals surface area contributed by atoms with Crippen molar-refractivity contribution in [1.29, 1.82) is 0 Å². The summed E-state index contributed by atoms with van der Waals surface area (Å²) in [5.74, 6) is 2.62. The van der Waals surface area contributed by atoms with Gasteiger partial charge in [-0.15, -0.1) is 10.2 Å². The molecule has 0 saturated heterocycles. The van der Waals surface area contributed by atoms with Crippen molar-refractivity contribution in [2.45, 2.75) is 44.6 Å². The molecule has 128 valence electrons. The standard InChI is InChI=1S/C17H18N6O2/c24-16(11-3-1-4-11)18-9-13-20-21-15-12(5-2-8-23(13)15)17-19-14(22-25-17)10-6-7-10/h2,5,8,10-11H,1,3-4,6-7,9H2,(H,18,24). The number of nitrogens with zero attached hydrogens (tertiary/aromatic N) is 5. The third-order valence-corrected chi connectivity index (χ3v) is 5.02. The summed E-state index contributed by atoms with van der Waals surface area (Å²) < 4.78 is 7.27. The minimum absolute atomic E-state index is 0.102. The number of carbonyl (C=O) groups is 1. The summed E-state index contributed by atoms with van der Waals surface area (Å²) >= 11 is 0. The van der Waals surface area contributed by atoms with E-state index in [9.17, 15) is 4.79 Å². The molecule has 5 rings (SSSR count). The predicted molar refractivity (Wildman–Crippen MR) is 87.4 cm³/mol. The minimum atomic E-state index is 0.102. The zero-order valence-corrected chi connectivity index (χ0v) is 13.7. The molecule has 0 aliphatic heterocycles. The molecular formula is C17H18N6O2. The van der Waals surface area contributed by atoms with Crippen LogP contribution in [0, 0.1) is 5.92 Å². The summed E-state index contributed by atoms with van der Waals surface area (Å²) in [6.07, 6.45) is 7.23. The van der Waals surface area contributed by atoms with Gasteiger partial charge >= 0.3 is 0 Å². The second-order valence-corrected chi connectivity index (χ2v) is 6.81. The second-order valence-electron chi connectivity index (χ2n) is 6.81. The Morgan fingerprint density at radius 1 is 1.28 bits per heavy atom. The maximum Gasteiger partial charge on any atom is 0.261 e. The van der Waals surface area contributed by atoms with Crippen molar-refractivity contribution in [1.82, 2.24) is 30.1 Å². The van der Waals surface area contributed by atoms with Crippen molar-refractivity contribution in [2.24, 2.45) is 5.92 Å². The van der Waals surface area contributed by atoms with Crippen LogP contribution in [-0.4, -0.2) is 30.6 Å². The van der Waals surface area contributed by atoms with E-state index < -0.39 is 0 Å². The van der Waals surface area contributed by atoms with Crippen molar-refractivity contribution in [2.75, 3.05) is 0 Å². The second kappa shape index (κ2) is 5.65. The highest BCUT2D eigenvalue weighted by Gasteiger charge is 2.29. The fraction of sp³-hybridized carbons (Fsp3) is 0.471. The van der Waals surface area contributed by atoms with E-state index in [1.54, 1.807) is 0 Å². The molecule has 0 atom stereocenters. The van der Waals surface area contributed by atoms with Gasteiger partial charge in [-0.3, -0.25) is 9.20 Å². The molecule has 2 aliphatic carbocycles. The van der Waals surface area contributed by atoms with E-state index in [4.69, 9.17) is 4.52 Å². The van der Waals surface area contributed by atoms with E-state index in [-0.39, 0.29) is 11.8 Å². The van der Waals surface area contributed by atoms with Crippen LogP contribution in [0.3, 0.4) is 0 Å². The molecule has 0 unspecified atom stereocenters. The molecule has 3 heterocycles. The number of pyridine rings is 1. The lowest BCUT2D eigenvalue weighted by Gasteiger charge is -2.23. The summed E-state index contributed by atoms with van der Waals surface area (Å²) in [5.41, 5.74) is 1.41. The zero-order chi connectivity index (χ0) is 16.8. The van der Waals surface area contributed by atoms with Gasteiger partial charge in [-0.2, -0.15) is 4.98 Å². The van der Waals surface area contributed by atoms with Crippen LogP contribution in [0.15, 0.2) is 22.9 Å². The smallest absolute Gasteiger partial charge is 0.261 e. The molecule has 0 radical (unpaired) electrons. The summed E-state index contributed by atoms with van der Waals surface area (Å²) in [6.45, 7) is 0.358. The lowest BCUT2D eigenvalue weighted by atomic mass is 9.85. The van der Waals surface area contributed by atoms with Crippen LogP contribution in [0.25, 0.3) is 17.1 Å².